The first-order valence-electron chi connectivity index (χ1n) is 1.05. The van der Waals surface area contributed by atoms with Gasteiger partial charge in [-0.05, 0) is 0 Å². The molecule has 0 heterocycles. The lowest BCUT2D eigenvalue weighted by Gasteiger charge is -1.71. The largest absolute Gasteiger partial charge is 0.406 e. The van der Waals surface area contributed by atoms with Crippen molar-refractivity contribution >= 4 is 6.03 Å². The van der Waals surface area contributed by atoms with Crippen LogP contribution in [-0.2, 0) is 0 Å². The molecule has 34 valence electrons. The first-order chi connectivity index (χ1) is 2.81. The molecule has 0 saturated heterocycles. The van der Waals surface area contributed by atoms with Gasteiger partial charge in [0.2, 0.25) is 0 Å². The summed E-state index contributed by atoms with van der Waals surface area (Å²) in [6.45, 7) is 0. The van der Waals surface area contributed by atoms with Gasteiger partial charge in [-0.1, -0.05) is 4.48 Å². The van der Waals surface area contributed by atoms with Crippen molar-refractivity contribution in [2.24, 2.45) is 5.18 Å². The number of nitrogens with one attached hydrogen (secondary N) is 1. The molecular weight excluding hydrogens is 91.0 g/mol. The van der Waals surface area contributed by atoms with Crippen LogP contribution in [0.15, 0.2) is 5.18 Å². The van der Waals surface area contributed by atoms with Gasteiger partial charge in [0.15, 0.2) is 0 Å². The van der Waals surface area contributed by atoms with Crippen molar-refractivity contribution < 1.29 is 9.28 Å². The molecule has 0 radical (unpaired) electrons. The number of nitroso groups, excluding NO2 is 1. The summed E-state index contributed by atoms with van der Waals surface area (Å²) in [5.41, 5.74) is 0.497. The molecule has 0 fully saturated rings. The molecule has 4 nitrogen and oxygen atoms in total. The molecular formula is CHFN2O2. The summed E-state index contributed by atoms with van der Waals surface area (Å²) in [5, 5.41) is 1.63. The molecule has 0 aromatic heterocycles. The van der Waals surface area contributed by atoms with Crippen LogP contribution in [0, 0.1) is 4.91 Å². The van der Waals surface area contributed by atoms with Gasteiger partial charge in [0.25, 0.3) is 0 Å². The lowest BCUT2D eigenvalue weighted by Crippen LogP contribution is -2.05. The molecule has 0 aromatic rings. The number of halogens is 1. The fourth-order valence-corrected chi connectivity index (χ4v) is 0.0173. The number of carbonyl (C=O) groups is 1. The number of hydrogen-bond acceptors (Lipinski definition) is 2. The highest BCUT2D eigenvalue weighted by Gasteiger charge is 1.90. The third kappa shape index (κ3) is 1.33. The molecule has 0 unspecified atom stereocenters. The van der Waals surface area contributed by atoms with Crippen LogP contribution >= 0.6 is 0 Å². The molecule has 0 aliphatic carbocycles. The summed E-state index contributed by atoms with van der Waals surface area (Å²) in [4.78, 5) is 18.0. The van der Waals surface area contributed by atoms with E-state index in [0.717, 1.165) is 0 Å². The fourth-order valence-electron chi connectivity index (χ4n) is 0.0173. The van der Waals surface area contributed by atoms with Gasteiger partial charge in [0.1, 0.15) is 0 Å². The predicted molar refractivity (Wildman–Crippen MR) is 15.4 cm³/mol. The quantitative estimate of drug-likeness (QED) is 0.346. The van der Waals surface area contributed by atoms with Crippen molar-refractivity contribution in [1.82, 2.24) is 5.54 Å². The van der Waals surface area contributed by atoms with Gasteiger partial charge in [-0.25, -0.2) is 4.79 Å². The van der Waals surface area contributed by atoms with Gasteiger partial charge >= 0.3 is 6.03 Å². The third-order valence-corrected chi connectivity index (χ3v) is 0.164. The summed E-state index contributed by atoms with van der Waals surface area (Å²) >= 11 is 0. The summed E-state index contributed by atoms with van der Waals surface area (Å²) in [5.74, 6) is 0. The molecule has 0 spiro atoms. The first kappa shape index (κ1) is 5.00. The van der Waals surface area contributed by atoms with Crippen molar-refractivity contribution in [1.29, 1.82) is 0 Å². The molecule has 0 aromatic carbocycles. The Labute approximate surface area is 32.2 Å². The molecule has 0 saturated carbocycles. The van der Waals surface area contributed by atoms with Crippen molar-refractivity contribution in [3.05, 3.63) is 4.91 Å². The molecule has 0 aliphatic heterocycles. The molecule has 5 heteroatoms. The third-order valence-electron chi connectivity index (χ3n) is 0.164. The average Bonchev–Trinajstić information content (AvgIpc) is 1.65. The molecule has 6 heavy (non-hydrogen) atoms. The first-order valence-corrected chi connectivity index (χ1v) is 1.05. The van der Waals surface area contributed by atoms with Gasteiger partial charge in [0, 0.05) is 5.18 Å². The number of carbonyl (C=O) groups excluding carboxylic acids is 1. The zero-order valence-corrected chi connectivity index (χ0v) is 2.64. The lowest BCUT2D eigenvalue weighted by atomic mass is 11.2. The van der Waals surface area contributed by atoms with E-state index < -0.39 is 6.03 Å². The van der Waals surface area contributed by atoms with E-state index in [1.165, 1.54) is 0 Å². The smallest absolute Gasteiger partial charge is 0.240 e. The number of hydrogen-bond donors (Lipinski definition) is 1. The van der Waals surface area contributed by atoms with E-state index in [0.29, 0.717) is 5.54 Å². The minimum absolute atomic E-state index is 0.497. The van der Waals surface area contributed by atoms with E-state index in [4.69, 9.17) is 4.91 Å². The number of amides is 2. The van der Waals surface area contributed by atoms with Crippen molar-refractivity contribution in [3.8, 4) is 0 Å². The Bertz CT molecular complexity index is 71.9. The molecule has 0 bridgehead atoms. The second kappa shape index (κ2) is 2.25. The standard InChI is InChI=1S/CHFN2O2/c2-3-1(5)4-6/h(H,3,5). The van der Waals surface area contributed by atoms with Crippen LogP contribution in [-0.4, -0.2) is 6.03 Å². The Morgan fingerprint density at radius 1 is 1.83 bits per heavy atom. The molecule has 1 N–H and O–H groups in total. The van der Waals surface area contributed by atoms with Gasteiger partial charge in [-0.2, -0.15) is 5.54 Å². The Balaban J connectivity index is 3.23. The molecule has 2 amide bonds. The maximum atomic E-state index is 10.5. The van der Waals surface area contributed by atoms with Crippen LogP contribution in [0.25, 0.3) is 0 Å². The van der Waals surface area contributed by atoms with E-state index >= 15 is 0 Å². The van der Waals surface area contributed by atoms with Crippen LogP contribution in [0.2, 0.25) is 0 Å². The van der Waals surface area contributed by atoms with E-state index in [2.05, 4.69) is 0 Å². The van der Waals surface area contributed by atoms with Crippen molar-refractivity contribution in [3.63, 3.8) is 0 Å². The van der Waals surface area contributed by atoms with Crippen LogP contribution in [0.1, 0.15) is 0 Å². The van der Waals surface area contributed by atoms with Crippen LogP contribution < -0.4 is 5.54 Å². The molecule has 0 rings (SSSR count). The van der Waals surface area contributed by atoms with Crippen molar-refractivity contribution in [2.45, 2.75) is 0 Å². The molecule has 0 aliphatic rings. The number of nitrogens with zero attached hydrogens (tertiary/aromatic N) is 1. The number of urea groups is 1. The summed E-state index contributed by atoms with van der Waals surface area (Å²) in [6.07, 6.45) is 0. The highest BCUT2D eigenvalue weighted by Crippen LogP contribution is 1.66. The van der Waals surface area contributed by atoms with E-state index in [9.17, 15) is 9.28 Å². The summed E-state index contributed by atoms with van der Waals surface area (Å²) in [6, 6.07) is -1.50. The van der Waals surface area contributed by atoms with E-state index in [-0.39, 0.29) is 0 Å². The fraction of sp³-hybridized carbons (Fsp3) is 0. The summed E-state index contributed by atoms with van der Waals surface area (Å²) < 4.78 is 10.5. The highest BCUT2D eigenvalue weighted by molar-refractivity contribution is 5.73. The average molecular weight is 92.0 g/mol. The lowest BCUT2D eigenvalue weighted by molar-refractivity contribution is 0.226. The second-order valence-corrected chi connectivity index (χ2v) is 0.491. The van der Waals surface area contributed by atoms with Gasteiger partial charge in [-0.15, -0.1) is 4.91 Å². The Morgan fingerprint density at radius 3 is 2.33 bits per heavy atom. The predicted octanol–water partition coefficient (Wildman–Crippen LogP) is 0.347. The minimum atomic E-state index is -1.50. The maximum absolute atomic E-state index is 10.5. The Kier molecular flexibility index (Phi) is 1.88. The van der Waals surface area contributed by atoms with Gasteiger partial charge in [0.05, 0.1) is 0 Å². The van der Waals surface area contributed by atoms with Gasteiger partial charge < -0.3 is 0 Å². The SMILES string of the molecule is O=NC(=O)NF. The van der Waals surface area contributed by atoms with Crippen LogP contribution in [0.5, 0.6) is 0 Å². The number of rotatable bonds is 0. The Hall–Kier alpha value is -1.00. The summed E-state index contributed by atoms with van der Waals surface area (Å²) in [7, 11) is 0. The maximum Gasteiger partial charge on any atom is 0.406 e. The zero-order valence-electron chi connectivity index (χ0n) is 2.64. The Morgan fingerprint density at radius 2 is 2.33 bits per heavy atom. The van der Waals surface area contributed by atoms with E-state index in [1.54, 1.807) is 5.18 Å². The zero-order chi connectivity index (χ0) is 4.99. The second-order valence-electron chi connectivity index (χ2n) is 0.491. The normalized spacial score (nSPS) is 6.83. The van der Waals surface area contributed by atoms with Crippen LogP contribution in [0.4, 0.5) is 9.28 Å². The van der Waals surface area contributed by atoms with Gasteiger partial charge in [-0.3, -0.25) is 0 Å². The monoisotopic (exact) mass is 92.0 g/mol. The highest BCUT2D eigenvalue weighted by atomic mass is 19.2. The van der Waals surface area contributed by atoms with Crippen LogP contribution in [0.3, 0.4) is 0 Å². The topological polar surface area (TPSA) is 58.5 Å². The van der Waals surface area contributed by atoms with E-state index in [1.807, 2.05) is 0 Å². The van der Waals surface area contributed by atoms with Crippen molar-refractivity contribution in [2.75, 3.05) is 0 Å². The minimum Gasteiger partial charge on any atom is -0.240 e. The molecule has 0 atom stereocenters.